The van der Waals surface area contributed by atoms with Gasteiger partial charge in [0.25, 0.3) is 0 Å². The molecule has 184 valence electrons. The van der Waals surface area contributed by atoms with Gasteiger partial charge in [0.1, 0.15) is 5.54 Å². The molecule has 2 fully saturated rings. The van der Waals surface area contributed by atoms with Crippen molar-refractivity contribution < 1.29 is 14.4 Å². The third-order valence-corrected chi connectivity index (χ3v) is 8.55. The second-order valence-corrected chi connectivity index (χ2v) is 10.4. The molecule has 1 aromatic heterocycles. The highest BCUT2D eigenvalue weighted by molar-refractivity contribution is 6.26. The van der Waals surface area contributed by atoms with Crippen LogP contribution in [0.25, 0.3) is 10.9 Å². The van der Waals surface area contributed by atoms with Crippen molar-refractivity contribution in [3.05, 3.63) is 95.2 Å². The normalized spacial score (nSPS) is 26.3. The lowest BCUT2D eigenvalue weighted by molar-refractivity contribution is -0.130. The summed E-state index contributed by atoms with van der Waals surface area (Å²) in [5, 5.41) is 7.69. The fourth-order valence-corrected chi connectivity index (χ4v) is 6.66. The number of anilines is 2. The number of amides is 3. The minimum atomic E-state index is -1.31. The van der Waals surface area contributed by atoms with Gasteiger partial charge in [0.2, 0.25) is 17.7 Å². The first kappa shape index (κ1) is 22.0. The van der Waals surface area contributed by atoms with Crippen molar-refractivity contribution in [2.24, 2.45) is 11.8 Å². The van der Waals surface area contributed by atoms with Crippen molar-refractivity contribution in [1.29, 1.82) is 0 Å². The maximum absolute atomic E-state index is 14.1. The quantitative estimate of drug-likeness (QED) is 0.379. The van der Waals surface area contributed by atoms with Crippen molar-refractivity contribution in [3.63, 3.8) is 0 Å². The number of para-hydroxylation sites is 2. The van der Waals surface area contributed by atoms with Crippen molar-refractivity contribution in [1.82, 2.24) is 10.3 Å². The van der Waals surface area contributed by atoms with Crippen LogP contribution in [0.3, 0.4) is 0 Å². The van der Waals surface area contributed by atoms with Gasteiger partial charge in [-0.25, -0.2) is 4.90 Å². The minimum Gasteiger partial charge on any atom is -0.361 e. The molecule has 2 saturated heterocycles. The first-order valence-electron chi connectivity index (χ1n) is 12.6. The summed E-state index contributed by atoms with van der Waals surface area (Å²) < 4.78 is 0. The van der Waals surface area contributed by atoms with Crippen molar-refractivity contribution in [2.45, 2.75) is 31.8 Å². The van der Waals surface area contributed by atoms with Crippen LogP contribution in [0.4, 0.5) is 11.4 Å². The number of H-pyrrole nitrogens is 1. The van der Waals surface area contributed by atoms with Gasteiger partial charge in [0, 0.05) is 34.4 Å². The van der Waals surface area contributed by atoms with E-state index >= 15 is 0 Å². The Bertz CT molecular complexity index is 1620. The third-order valence-electron chi connectivity index (χ3n) is 8.55. The number of nitrogens with zero attached hydrogens (tertiary/aromatic N) is 1. The van der Waals surface area contributed by atoms with Crippen molar-refractivity contribution >= 4 is 40.0 Å². The molecule has 3 aliphatic heterocycles. The summed E-state index contributed by atoms with van der Waals surface area (Å²) in [4.78, 5) is 46.6. The predicted octanol–water partition coefficient (Wildman–Crippen LogP) is 3.95. The van der Waals surface area contributed by atoms with E-state index in [-0.39, 0.29) is 17.7 Å². The molecule has 3 aliphatic rings. The summed E-state index contributed by atoms with van der Waals surface area (Å²) in [7, 11) is 0. The van der Waals surface area contributed by atoms with Crippen molar-refractivity contribution in [2.75, 3.05) is 10.2 Å². The predicted molar refractivity (Wildman–Crippen MR) is 141 cm³/mol. The van der Waals surface area contributed by atoms with E-state index in [1.807, 2.05) is 74.6 Å². The number of benzene rings is 3. The number of aromatic amines is 1. The lowest BCUT2D eigenvalue weighted by atomic mass is 9.75. The number of hydrogen-bond donors (Lipinski definition) is 3. The molecule has 3 aromatic carbocycles. The zero-order valence-corrected chi connectivity index (χ0v) is 20.5. The Labute approximate surface area is 213 Å². The molecule has 0 saturated carbocycles. The average Bonchev–Trinajstić information content (AvgIpc) is 3.61. The Morgan fingerprint density at radius 1 is 0.892 bits per heavy atom. The molecule has 7 heteroatoms. The van der Waals surface area contributed by atoms with E-state index in [1.165, 1.54) is 4.90 Å². The Hall–Kier alpha value is -4.23. The van der Waals surface area contributed by atoms with E-state index in [9.17, 15) is 14.4 Å². The molecule has 0 unspecified atom stereocenters. The highest BCUT2D eigenvalue weighted by atomic mass is 16.2. The van der Waals surface area contributed by atoms with E-state index in [1.54, 1.807) is 12.1 Å². The fraction of sp³-hybridized carbons (Fsp3) is 0.233. The number of carbonyl (C=O) groups excluding carboxylic acids is 3. The molecule has 0 aliphatic carbocycles. The van der Waals surface area contributed by atoms with E-state index in [0.29, 0.717) is 12.1 Å². The van der Waals surface area contributed by atoms with Gasteiger partial charge in [0.05, 0.1) is 17.5 Å². The standard InChI is InChI=1S/C30H26N4O3/c1-16-12-13-21-26(17(16)2)32-29(37)30(21)25-24(27(35)34(28(25)36)19-8-4-3-5-9-19)23(33-30)14-18-15-31-22-11-7-6-10-20(18)22/h3-13,15,23-25,31,33H,14H2,1-2H3,(H,32,37)/t23-,24-,25+,30-/m1/s1. The third kappa shape index (κ3) is 2.83. The minimum absolute atomic E-state index is 0.263. The summed E-state index contributed by atoms with van der Waals surface area (Å²) in [5.41, 5.74) is 4.78. The molecule has 0 bridgehead atoms. The number of hydrogen-bond acceptors (Lipinski definition) is 4. The molecule has 4 atom stereocenters. The lowest BCUT2D eigenvalue weighted by Crippen LogP contribution is -2.53. The molecule has 37 heavy (non-hydrogen) atoms. The van der Waals surface area contributed by atoms with Gasteiger partial charge < -0.3 is 10.3 Å². The topological polar surface area (TPSA) is 94.3 Å². The van der Waals surface area contributed by atoms with Crippen LogP contribution in [-0.2, 0) is 26.3 Å². The maximum atomic E-state index is 14.1. The van der Waals surface area contributed by atoms with Crippen molar-refractivity contribution in [3.8, 4) is 0 Å². The van der Waals surface area contributed by atoms with E-state index < -0.39 is 23.4 Å². The van der Waals surface area contributed by atoms with Crippen LogP contribution >= 0.6 is 0 Å². The van der Waals surface area contributed by atoms with Crippen LogP contribution in [0.5, 0.6) is 0 Å². The summed E-state index contributed by atoms with van der Waals surface area (Å²) in [5.74, 6) is -2.40. The highest BCUT2D eigenvalue weighted by Crippen LogP contribution is 2.54. The second kappa shape index (κ2) is 7.63. The largest absolute Gasteiger partial charge is 0.361 e. The molecule has 7 rings (SSSR count). The van der Waals surface area contributed by atoms with Crippen LogP contribution in [0.15, 0.2) is 72.9 Å². The van der Waals surface area contributed by atoms with E-state index in [0.717, 1.165) is 38.8 Å². The number of imide groups is 1. The molecule has 7 nitrogen and oxygen atoms in total. The Morgan fingerprint density at radius 3 is 2.46 bits per heavy atom. The van der Waals surface area contributed by atoms with E-state index in [4.69, 9.17) is 0 Å². The number of aromatic nitrogens is 1. The van der Waals surface area contributed by atoms with Crippen LogP contribution < -0.4 is 15.5 Å². The number of aryl methyl sites for hydroxylation is 1. The number of carbonyl (C=O) groups is 3. The summed E-state index contributed by atoms with van der Waals surface area (Å²) >= 11 is 0. The first-order chi connectivity index (χ1) is 17.9. The SMILES string of the molecule is Cc1ccc2c(c1C)NC(=O)[C@@]21N[C@H](Cc2c[nH]c3ccccc23)[C@H]2C(=O)N(c3ccccc3)C(=O)[C@H]21. The first-order valence-corrected chi connectivity index (χ1v) is 12.6. The van der Waals surface area contributed by atoms with Crippen LogP contribution in [0, 0.1) is 25.7 Å². The Kier molecular flexibility index (Phi) is 4.54. The second-order valence-electron chi connectivity index (χ2n) is 10.4. The average molecular weight is 491 g/mol. The van der Waals surface area contributed by atoms with Gasteiger partial charge >= 0.3 is 0 Å². The Morgan fingerprint density at radius 2 is 1.65 bits per heavy atom. The molecular weight excluding hydrogens is 464 g/mol. The number of rotatable bonds is 3. The summed E-state index contributed by atoms with van der Waals surface area (Å²) in [6.45, 7) is 3.97. The van der Waals surface area contributed by atoms with Gasteiger partial charge in [-0.05, 0) is 55.2 Å². The summed E-state index contributed by atoms with van der Waals surface area (Å²) in [6, 6.07) is 20.5. The van der Waals surface area contributed by atoms with Gasteiger partial charge in [-0.3, -0.25) is 19.7 Å². The zero-order valence-electron chi connectivity index (χ0n) is 20.5. The van der Waals surface area contributed by atoms with Crippen LogP contribution in [0.1, 0.15) is 22.3 Å². The molecule has 3 N–H and O–H groups in total. The number of fused-ring (bicyclic) bond motifs is 5. The van der Waals surface area contributed by atoms with Crippen LogP contribution in [0.2, 0.25) is 0 Å². The molecule has 1 spiro atoms. The molecule has 0 radical (unpaired) electrons. The van der Waals surface area contributed by atoms with Gasteiger partial charge in [-0.15, -0.1) is 0 Å². The molecule has 3 amide bonds. The lowest BCUT2D eigenvalue weighted by Gasteiger charge is -2.29. The highest BCUT2D eigenvalue weighted by Gasteiger charge is 2.70. The monoisotopic (exact) mass is 490 g/mol. The molecule has 4 aromatic rings. The van der Waals surface area contributed by atoms with Gasteiger partial charge in [-0.1, -0.05) is 48.5 Å². The smallest absolute Gasteiger partial charge is 0.250 e. The molecule has 4 heterocycles. The van der Waals surface area contributed by atoms with Crippen LogP contribution in [-0.4, -0.2) is 28.7 Å². The van der Waals surface area contributed by atoms with Gasteiger partial charge in [-0.2, -0.15) is 0 Å². The summed E-state index contributed by atoms with van der Waals surface area (Å²) in [6.07, 6.45) is 2.46. The van der Waals surface area contributed by atoms with E-state index in [2.05, 4.69) is 15.6 Å². The van der Waals surface area contributed by atoms with Gasteiger partial charge in [0.15, 0.2) is 0 Å². The fourth-order valence-electron chi connectivity index (χ4n) is 6.66. The zero-order chi connectivity index (χ0) is 25.5. The maximum Gasteiger partial charge on any atom is 0.250 e. The molecular formula is C30H26N4O3. The number of nitrogens with one attached hydrogen (secondary N) is 3. The Balaban J connectivity index is 1.40.